The van der Waals surface area contributed by atoms with Crippen molar-refractivity contribution < 1.29 is 4.52 Å². The average molecular weight is 185 g/mol. The zero-order valence-electron chi connectivity index (χ0n) is 6.69. The van der Waals surface area contributed by atoms with E-state index < -0.39 is 0 Å². The third-order valence-corrected chi connectivity index (χ3v) is 3.12. The maximum Gasteiger partial charge on any atom is 0.240 e. The summed E-state index contributed by atoms with van der Waals surface area (Å²) in [7, 11) is 0. The van der Waals surface area contributed by atoms with E-state index in [1.807, 2.05) is 11.8 Å². The lowest BCUT2D eigenvalue weighted by Crippen LogP contribution is -2.00. The van der Waals surface area contributed by atoms with Gasteiger partial charge in [-0.05, 0) is 12.2 Å². The summed E-state index contributed by atoms with van der Waals surface area (Å²) in [6.07, 6.45) is 1.16. The molecule has 0 bridgehead atoms. The number of nitrogens with zero attached hydrogens (tertiary/aromatic N) is 2. The van der Waals surface area contributed by atoms with Gasteiger partial charge in [-0.25, -0.2) is 0 Å². The molecular formula is C7H11N3OS. The highest BCUT2D eigenvalue weighted by Gasteiger charge is 2.22. The molecule has 1 saturated heterocycles. The topological polar surface area (TPSA) is 64.9 Å². The molecule has 1 unspecified atom stereocenters. The van der Waals surface area contributed by atoms with Crippen LogP contribution in [0, 0.1) is 0 Å². The maximum atomic E-state index is 5.36. The van der Waals surface area contributed by atoms with Crippen molar-refractivity contribution in [2.24, 2.45) is 5.73 Å². The van der Waals surface area contributed by atoms with Crippen molar-refractivity contribution in [2.75, 3.05) is 11.5 Å². The van der Waals surface area contributed by atoms with Gasteiger partial charge in [-0.3, -0.25) is 0 Å². The second-order valence-electron chi connectivity index (χ2n) is 2.81. The van der Waals surface area contributed by atoms with E-state index in [-0.39, 0.29) is 0 Å². The number of nitrogens with two attached hydrogens (primary N) is 1. The first kappa shape index (κ1) is 8.07. The van der Waals surface area contributed by atoms with Crippen LogP contribution in [0.3, 0.4) is 0 Å². The van der Waals surface area contributed by atoms with Crippen LogP contribution in [0.15, 0.2) is 4.52 Å². The van der Waals surface area contributed by atoms with E-state index in [1.165, 1.54) is 5.75 Å². The Labute approximate surface area is 74.9 Å². The Morgan fingerprint density at radius 1 is 1.67 bits per heavy atom. The molecular weight excluding hydrogens is 174 g/mol. The zero-order valence-corrected chi connectivity index (χ0v) is 7.51. The number of aromatic nitrogens is 2. The first-order chi connectivity index (χ1) is 5.90. The van der Waals surface area contributed by atoms with Gasteiger partial charge in [0.25, 0.3) is 0 Å². The zero-order chi connectivity index (χ0) is 8.39. The smallest absolute Gasteiger partial charge is 0.240 e. The molecule has 1 aliphatic heterocycles. The van der Waals surface area contributed by atoms with Crippen molar-refractivity contribution in [3.8, 4) is 0 Å². The summed E-state index contributed by atoms with van der Waals surface area (Å²) in [6, 6.07) is 0. The van der Waals surface area contributed by atoms with Gasteiger partial charge in [-0.2, -0.15) is 16.7 Å². The van der Waals surface area contributed by atoms with Crippen molar-refractivity contribution >= 4 is 11.8 Å². The molecule has 2 N–H and O–H groups in total. The number of hydrogen-bond donors (Lipinski definition) is 1. The molecule has 1 aromatic rings. The molecule has 5 heteroatoms. The fraction of sp³-hybridized carbons (Fsp3) is 0.714. The van der Waals surface area contributed by atoms with Crippen LogP contribution in [-0.2, 0) is 6.54 Å². The van der Waals surface area contributed by atoms with Gasteiger partial charge in [0.2, 0.25) is 5.89 Å². The van der Waals surface area contributed by atoms with Crippen molar-refractivity contribution in [1.82, 2.24) is 10.1 Å². The van der Waals surface area contributed by atoms with Gasteiger partial charge >= 0.3 is 0 Å². The number of rotatable bonds is 2. The Bertz CT molecular complexity index is 257. The van der Waals surface area contributed by atoms with Crippen LogP contribution < -0.4 is 5.73 Å². The van der Waals surface area contributed by atoms with Gasteiger partial charge < -0.3 is 10.3 Å². The summed E-state index contributed by atoms with van der Waals surface area (Å²) in [5.74, 6) is 4.18. The van der Waals surface area contributed by atoms with Crippen LogP contribution in [0.25, 0.3) is 0 Å². The second-order valence-corrected chi connectivity index (χ2v) is 3.96. The minimum absolute atomic E-state index is 0.340. The summed E-state index contributed by atoms with van der Waals surface area (Å²) in [5, 5.41) is 3.89. The molecule has 1 fully saturated rings. The minimum Gasteiger partial charge on any atom is -0.338 e. The predicted octanol–water partition coefficient (Wildman–Crippen LogP) is 0.749. The van der Waals surface area contributed by atoms with Gasteiger partial charge in [0.1, 0.15) is 0 Å². The molecule has 0 saturated carbocycles. The van der Waals surface area contributed by atoms with Crippen LogP contribution in [-0.4, -0.2) is 21.6 Å². The van der Waals surface area contributed by atoms with Gasteiger partial charge in [0.05, 0.1) is 6.54 Å². The van der Waals surface area contributed by atoms with Crippen LogP contribution in [0.4, 0.5) is 0 Å². The molecule has 1 atom stereocenters. The van der Waals surface area contributed by atoms with Crippen LogP contribution in [0.5, 0.6) is 0 Å². The fourth-order valence-electron chi connectivity index (χ4n) is 1.25. The first-order valence-electron chi connectivity index (χ1n) is 4.00. The summed E-state index contributed by atoms with van der Waals surface area (Å²) < 4.78 is 4.93. The molecule has 12 heavy (non-hydrogen) atoms. The summed E-state index contributed by atoms with van der Waals surface area (Å²) in [5.41, 5.74) is 5.36. The molecule has 2 heterocycles. The number of thioether (sulfide) groups is 1. The van der Waals surface area contributed by atoms with Crippen molar-refractivity contribution in [2.45, 2.75) is 18.9 Å². The summed E-state index contributed by atoms with van der Waals surface area (Å²) >= 11 is 1.94. The molecule has 2 rings (SSSR count). The Morgan fingerprint density at radius 3 is 3.17 bits per heavy atom. The lowest BCUT2D eigenvalue weighted by Gasteiger charge is -1.98. The Balaban J connectivity index is 2.11. The van der Waals surface area contributed by atoms with E-state index in [9.17, 15) is 0 Å². The van der Waals surface area contributed by atoms with Gasteiger partial charge in [-0.1, -0.05) is 5.16 Å². The molecule has 1 aliphatic rings. The third-order valence-electron chi connectivity index (χ3n) is 1.95. The molecule has 0 aromatic carbocycles. The lowest BCUT2D eigenvalue weighted by molar-refractivity contribution is 0.372. The predicted molar refractivity (Wildman–Crippen MR) is 46.9 cm³/mol. The lowest BCUT2D eigenvalue weighted by atomic mass is 10.1. The highest BCUT2D eigenvalue weighted by atomic mass is 32.2. The van der Waals surface area contributed by atoms with Crippen molar-refractivity contribution in [3.63, 3.8) is 0 Å². The van der Waals surface area contributed by atoms with E-state index in [0.29, 0.717) is 18.4 Å². The van der Waals surface area contributed by atoms with Crippen LogP contribution >= 0.6 is 11.8 Å². The van der Waals surface area contributed by atoms with Crippen molar-refractivity contribution in [3.05, 3.63) is 11.7 Å². The van der Waals surface area contributed by atoms with E-state index in [1.54, 1.807) is 0 Å². The second kappa shape index (κ2) is 3.45. The Morgan fingerprint density at radius 2 is 2.58 bits per heavy atom. The van der Waals surface area contributed by atoms with E-state index >= 15 is 0 Å². The average Bonchev–Trinajstić information content (AvgIpc) is 2.75. The van der Waals surface area contributed by atoms with Gasteiger partial charge in [-0.15, -0.1) is 0 Å². The van der Waals surface area contributed by atoms with Crippen molar-refractivity contribution in [1.29, 1.82) is 0 Å². The van der Waals surface area contributed by atoms with Crippen LogP contribution in [0.1, 0.15) is 24.1 Å². The highest BCUT2D eigenvalue weighted by molar-refractivity contribution is 7.99. The minimum atomic E-state index is 0.340. The summed E-state index contributed by atoms with van der Waals surface area (Å²) in [4.78, 5) is 4.19. The van der Waals surface area contributed by atoms with Gasteiger partial charge in [0, 0.05) is 11.7 Å². The fourth-order valence-corrected chi connectivity index (χ4v) is 2.47. The molecule has 0 spiro atoms. The quantitative estimate of drug-likeness (QED) is 0.736. The third kappa shape index (κ3) is 1.47. The van der Waals surface area contributed by atoms with E-state index in [2.05, 4.69) is 10.1 Å². The normalized spacial score (nSPS) is 23.2. The monoisotopic (exact) mass is 185 g/mol. The largest absolute Gasteiger partial charge is 0.338 e. The molecule has 0 radical (unpaired) electrons. The summed E-state index contributed by atoms with van der Waals surface area (Å²) in [6.45, 7) is 0.340. The van der Waals surface area contributed by atoms with Gasteiger partial charge in [0.15, 0.2) is 5.82 Å². The SMILES string of the molecule is NCc1nc(C2CCSC2)no1. The standard InChI is InChI=1S/C7H11N3OS/c8-3-6-9-7(10-11-6)5-1-2-12-4-5/h5H,1-4,8H2. The molecule has 66 valence electrons. The first-order valence-corrected chi connectivity index (χ1v) is 5.16. The number of hydrogen-bond acceptors (Lipinski definition) is 5. The van der Waals surface area contributed by atoms with Crippen LogP contribution in [0.2, 0.25) is 0 Å². The Hall–Kier alpha value is -0.550. The Kier molecular flexibility index (Phi) is 2.32. The molecule has 1 aromatic heterocycles. The van der Waals surface area contributed by atoms with E-state index in [0.717, 1.165) is 18.0 Å². The molecule has 0 aliphatic carbocycles. The maximum absolute atomic E-state index is 5.36. The highest BCUT2D eigenvalue weighted by Crippen LogP contribution is 2.30. The van der Waals surface area contributed by atoms with E-state index in [4.69, 9.17) is 10.3 Å². The molecule has 4 nitrogen and oxygen atoms in total. The molecule has 0 amide bonds.